The Hall–Kier alpha value is -0.920. The number of sulfonamides is 1. The summed E-state index contributed by atoms with van der Waals surface area (Å²) in [5.74, 6) is -0.126. The third-order valence-electron chi connectivity index (χ3n) is 3.47. The van der Waals surface area contributed by atoms with Crippen LogP contribution < -0.4 is 5.14 Å². The van der Waals surface area contributed by atoms with E-state index in [0.717, 1.165) is 37.0 Å². The van der Waals surface area contributed by atoms with Gasteiger partial charge in [-0.3, -0.25) is 0 Å². The Balaban J connectivity index is 2.70. The molecule has 0 bridgehead atoms. The van der Waals surface area contributed by atoms with E-state index in [2.05, 4.69) is 13.8 Å². The number of esters is 1. The van der Waals surface area contributed by atoms with E-state index in [-0.39, 0.29) is 9.77 Å². The number of unbranched alkanes of at least 4 members (excludes halogenated alkanes) is 1. The molecule has 0 saturated carbocycles. The number of primary sulfonamides is 1. The van der Waals surface area contributed by atoms with Crippen molar-refractivity contribution in [1.29, 1.82) is 0 Å². The van der Waals surface area contributed by atoms with Crippen LogP contribution in [0.4, 0.5) is 0 Å². The summed E-state index contributed by atoms with van der Waals surface area (Å²) in [5, 5.41) is 6.59. The fourth-order valence-corrected chi connectivity index (χ4v) is 4.05. The van der Waals surface area contributed by atoms with E-state index in [1.54, 1.807) is 6.92 Å². The highest BCUT2D eigenvalue weighted by atomic mass is 32.2. The molecule has 0 saturated heterocycles. The summed E-state index contributed by atoms with van der Waals surface area (Å²) in [7, 11) is -3.78. The molecule has 1 heterocycles. The highest BCUT2D eigenvalue weighted by molar-refractivity contribution is 7.91. The van der Waals surface area contributed by atoms with Gasteiger partial charge in [0.05, 0.1) is 12.2 Å². The highest BCUT2D eigenvalue weighted by Crippen LogP contribution is 2.26. The zero-order valence-corrected chi connectivity index (χ0v) is 14.4. The van der Waals surface area contributed by atoms with Crippen molar-refractivity contribution in [2.45, 2.75) is 50.7 Å². The first kappa shape index (κ1) is 18.1. The second kappa shape index (κ2) is 7.91. The Kier molecular flexibility index (Phi) is 6.83. The van der Waals surface area contributed by atoms with Gasteiger partial charge in [-0.2, -0.15) is 0 Å². The van der Waals surface area contributed by atoms with Crippen molar-refractivity contribution in [2.24, 2.45) is 11.1 Å². The van der Waals surface area contributed by atoms with Crippen LogP contribution in [0.5, 0.6) is 0 Å². The lowest BCUT2D eigenvalue weighted by molar-refractivity contribution is 0.0428. The SMILES string of the molecule is CCCCC(CC)COC(=O)c1csc(S(N)(=O)=O)c1C. The topological polar surface area (TPSA) is 86.5 Å². The first-order valence-corrected chi connectivity index (χ1v) is 9.51. The summed E-state index contributed by atoms with van der Waals surface area (Å²) in [6.07, 6.45) is 4.22. The molecular weight excluding hydrogens is 310 g/mol. The summed E-state index contributed by atoms with van der Waals surface area (Å²) >= 11 is 0.952. The van der Waals surface area contributed by atoms with E-state index in [9.17, 15) is 13.2 Å². The molecule has 2 N–H and O–H groups in total. The van der Waals surface area contributed by atoms with Gasteiger partial charge in [-0.1, -0.05) is 33.1 Å². The lowest BCUT2D eigenvalue weighted by Gasteiger charge is -2.14. The number of hydrogen-bond donors (Lipinski definition) is 1. The summed E-state index contributed by atoms with van der Waals surface area (Å²) in [5.41, 5.74) is 0.656. The predicted molar refractivity (Wildman–Crippen MR) is 84.0 cm³/mol. The maximum atomic E-state index is 12.0. The summed E-state index contributed by atoms with van der Waals surface area (Å²) < 4.78 is 28.1. The molecule has 1 aromatic rings. The van der Waals surface area contributed by atoms with E-state index in [4.69, 9.17) is 9.88 Å². The van der Waals surface area contributed by atoms with Crippen LogP contribution in [-0.2, 0) is 14.8 Å². The summed E-state index contributed by atoms with van der Waals surface area (Å²) in [6, 6.07) is 0. The van der Waals surface area contributed by atoms with Gasteiger partial charge in [0, 0.05) is 5.38 Å². The van der Waals surface area contributed by atoms with Crippen LogP contribution in [0.2, 0.25) is 0 Å². The second-order valence-electron chi connectivity index (χ2n) is 5.12. The molecule has 0 radical (unpaired) electrons. The van der Waals surface area contributed by atoms with Crippen molar-refractivity contribution in [3.05, 3.63) is 16.5 Å². The van der Waals surface area contributed by atoms with Crippen LogP contribution in [0.1, 0.15) is 55.5 Å². The molecule has 0 amide bonds. The molecule has 0 aliphatic rings. The van der Waals surface area contributed by atoms with E-state index in [1.807, 2.05) is 0 Å². The molecular formula is C14H23NO4S2. The Morgan fingerprint density at radius 2 is 2.10 bits per heavy atom. The van der Waals surface area contributed by atoms with Crippen LogP contribution in [0.15, 0.2) is 9.59 Å². The summed E-state index contributed by atoms with van der Waals surface area (Å²) in [4.78, 5) is 12.0. The van der Waals surface area contributed by atoms with Crippen LogP contribution in [0.25, 0.3) is 0 Å². The zero-order chi connectivity index (χ0) is 16.0. The highest BCUT2D eigenvalue weighted by Gasteiger charge is 2.22. The molecule has 0 aromatic carbocycles. The maximum Gasteiger partial charge on any atom is 0.339 e. The molecule has 21 heavy (non-hydrogen) atoms. The van der Waals surface area contributed by atoms with Crippen LogP contribution in [-0.4, -0.2) is 21.0 Å². The van der Waals surface area contributed by atoms with Gasteiger partial charge in [0.15, 0.2) is 0 Å². The largest absolute Gasteiger partial charge is 0.462 e. The molecule has 0 aliphatic heterocycles. The van der Waals surface area contributed by atoms with Crippen LogP contribution in [0.3, 0.4) is 0 Å². The number of ether oxygens (including phenoxy) is 1. The molecule has 7 heteroatoms. The van der Waals surface area contributed by atoms with Crippen molar-refractivity contribution in [1.82, 2.24) is 0 Å². The normalized spacial score (nSPS) is 13.1. The van der Waals surface area contributed by atoms with E-state index >= 15 is 0 Å². The van der Waals surface area contributed by atoms with Gasteiger partial charge in [0.2, 0.25) is 10.0 Å². The van der Waals surface area contributed by atoms with Gasteiger partial charge in [0.1, 0.15) is 4.21 Å². The first-order chi connectivity index (χ1) is 9.81. The predicted octanol–water partition coefficient (Wildman–Crippen LogP) is 3.08. The quantitative estimate of drug-likeness (QED) is 0.741. The minimum Gasteiger partial charge on any atom is -0.462 e. The van der Waals surface area contributed by atoms with Gasteiger partial charge < -0.3 is 4.74 Å². The molecule has 1 rings (SSSR count). The Bertz CT molecular complexity index is 578. The Morgan fingerprint density at radius 3 is 2.57 bits per heavy atom. The van der Waals surface area contributed by atoms with Gasteiger partial charge in [0.25, 0.3) is 0 Å². The molecule has 120 valence electrons. The van der Waals surface area contributed by atoms with Crippen molar-refractivity contribution in [3.8, 4) is 0 Å². The Labute approximate surface area is 130 Å². The molecule has 0 spiro atoms. The van der Waals surface area contributed by atoms with Crippen LogP contribution in [0, 0.1) is 12.8 Å². The third-order valence-corrected chi connectivity index (χ3v) is 6.15. The number of thiophene rings is 1. The minimum atomic E-state index is -3.78. The average Bonchev–Trinajstić information content (AvgIpc) is 2.80. The fourth-order valence-electron chi connectivity index (χ4n) is 2.05. The maximum absolute atomic E-state index is 12.0. The van der Waals surface area contributed by atoms with Crippen molar-refractivity contribution < 1.29 is 17.9 Å². The monoisotopic (exact) mass is 333 g/mol. The van der Waals surface area contributed by atoms with E-state index in [0.29, 0.717) is 18.1 Å². The van der Waals surface area contributed by atoms with E-state index in [1.165, 1.54) is 5.38 Å². The number of hydrogen-bond acceptors (Lipinski definition) is 5. The second-order valence-corrected chi connectivity index (χ2v) is 7.76. The standard InChI is InChI=1S/C14H23NO4S2/c1-4-6-7-11(5-2)8-19-13(16)12-9-20-14(10(12)3)21(15,17)18/h9,11H,4-8H2,1-3H3,(H2,15,17,18). The third kappa shape index (κ3) is 5.09. The fraction of sp³-hybridized carbons (Fsp3) is 0.643. The number of rotatable bonds is 8. The molecule has 1 atom stereocenters. The van der Waals surface area contributed by atoms with Crippen molar-refractivity contribution in [2.75, 3.05) is 6.61 Å². The van der Waals surface area contributed by atoms with Crippen LogP contribution >= 0.6 is 11.3 Å². The summed E-state index contributed by atoms with van der Waals surface area (Å²) in [6.45, 7) is 6.14. The van der Waals surface area contributed by atoms with Gasteiger partial charge in [-0.05, 0) is 24.8 Å². The van der Waals surface area contributed by atoms with Gasteiger partial charge in [-0.15, -0.1) is 11.3 Å². The molecule has 0 aliphatic carbocycles. The first-order valence-electron chi connectivity index (χ1n) is 7.09. The lowest BCUT2D eigenvalue weighted by atomic mass is 10.0. The minimum absolute atomic E-state index is 0.0208. The molecule has 0 fully saturated rings. The number of carbonyl (C=O) groups is 1. The number of carbonyl (C=O) groups excluding carboxylic acids is 1. The average molecular weight is 333 g/mol. The van der Waals surface area contributed by atoms with Crippen molar-refractivity contribution >= 4 is 27.3 Å². The van der Waals surface area contributed by atoms with Crippen molar-refractivity contribution in [3.63, 3.8) is 0 Å². The zero-order valence-electron chi connectivity index (χ0n) is 12.7. The van der Waals surface area contributed by atoms with E-state index < -0.39 is 16.0 Å². The Morgan fingerprint density at radius 1 is 1.43 bits per heavy atom. The van der Waals surface area contributed by atoms with Gasteiger partial charge in [-0.25, -0.2) is 18.4 Å². The molecule has 5 nitrogen and oxygen atoms in total. The molecule has 1 unspecified atom stereocenters. The molecule has 1 aromatic heterocycles. The number of nitrogens with two attached hydrogens (primary N) is 1. The smallest absolute Gasteiger partial charge is 0.339 e. The van der Waals surface area contributed by atoms with Gasteiger partial charge >= 0.3 is 5.97 Å². The lowest BCUT2D eigenvalue weighted by Crippen LogP contribution is -2.15.